The van der Waals surface area contributed by atoms with Gasteiger partial charge in [0, 0.05) is 38.2 Å². The molecule has 0 unspecified atom stereocenters. The summed E-state index contributed by atoms with van der Waals surface area (Å²) in [5.74, 6) is -0.196. The Morgan fingerprint density at radius 3 is 2.76 bits per heavy atom. The van der Waals surface area contributed by atoms with E-state index in [0.717, 1.165) is 11.3 Å². The first-order valence-electron chi connectivity index (χ1n) is 8.71. The number of carbonyl (C=O) groups excluding carboxylic acids is 1. The lowest BCUT2D eigenvalue weighted by molar-refractivity contribution is -0.135. The van der Waals surface area contributed by atoms with Crippen LogP contribution in [0.1, 0.15) is 24.1 Å². The summed E-state index contributed by atoms with van der Waals surface area (Å²) >= 11 is 0. The van der Waals surface area contributed by atoms with Gasteiger partial charge in [0.05, 0.1) is 11.8 Å². The Kier molecular flexibility index (Phi) is 5.48. The number of nitrogens with zero attached hydrogens (tertiary/aromatic N) is 3. The number of halogens is 1. The van der Waals surface area contributed by atoms with Crippen LogP contribution in [0.3, 0.4) is 0 Å². The Morgan fingerprint density at radius 2 is 2.08 bits per heavy atom. The first kappa shape index (κ1) is 17.6. The van der Waals surface area contributed by atoms with E-state index in [1.54, 1.807) is 16.8 Å². The molecule has 0 bridgehead atoms. The molecule has 5 nitrogen and oxygen atoms in total. The van der Waals surface area contributed by atoms with E-state index < -0.39 is 6.10 Å². The quantitative estimate of drug-likeness (QED) is 0.904. The van der Waals surface area contributed by atoms with Gasteiger partial charge in [0.15, 0.2) is 0 Å². The summed E-state index contributed by atoms with van der Waals surface area (Å²) in [6, 6.07) is 8.26. The second-order valence-corrected chi connectivity index (χ2v) is 6.76. The maximum atomic E-state index is 13.0. The number of piperidine rings is 1. The monoisotopic (exact) mass is 345 g/mol. The highest BCUT2D eigenvalue weighted by molar-refractivity contribution is 5.76. The number of aryl methyl sites for hydroxylation is 2. The fourth-order valence-corrected chi connectivity index (χ4v) is 3.33. The van der Waals surface area contributed by atoms with Crippen LogP contribution < -0.4 is 0 Å². The zero-order valence-electron chi connectivity index (χ0n) is 14.4. The highest BCUT2D eigenvalue weighted by Gasteiger charge is 2.30. The molecular formula is C19H24FN3O2. The lowest BCUT2D eigenvalue weighted by atomic mass is 9.88. The molecule has 1 N–H and O–H groups in total. The van der Waals surface area contributed by atoms with Gasteiger partial charge in [0.25, 0.3) is 0 Å². The number of likely N-dealkylation sites (tertiary alicyclic amines) is 1. The summed E-state index contributed by atoms with van der Waals surface area (Å²) in [6.45, 7) is 3.60. The Bertz CT molecular complexity index is 714. The standard InChI is InChI=1S/C19H24FN3O2/c1-14-6-10-23(21-14)11-8-19(25)22-9-7-18(24)16(13-22)12-15-2-4-17(20)5-3-15/h2-6,10,16,18,24H,7-9,11-13H2,1H3/t16-,18+/m1/s1. The molecule has 2 atom stereocenters. The number of aliphatic hydroxyl groups is 1. The molecule has 0 aliphatic carbocycles. The molecule has 25 heavy (non-hydrogen) atoms. The van der Waals surface area contributed by atoms with Crippen molar-refractivity contribution in [2.45, 2.75) is 38.8 Å². The van der Waals surface area contributed by atoms with E-state index >= 15 is 0 Å². The van der Waals surface area contributed by atoms with E-state index in [4.69, 9.17) is 0 Å². The van der Waals surface area contributed by atoms with Crippen molar-refractivity contribution in [3.8, 4) is 0 Å². The van der Waals surface area contributed by atoms with E-state index in [9.17, 15) is 14.3 Å². The molecule has 0 saturated carbocycles. The number of carbonyl (C=O) groups is 1. The minimum absolute atomic E-state index is 0.0184. The van der Waals surface area contributed by atoms with E-state index in [0.29, 0.717) is 38.9 Å². The van der Waals surface area contributed by atoms with Gasteiger partial charge in [0.2, 0.25) is 5.91 Å². The van der Waals surface area contributed by atoms with Gasteiger partial charge >= 0.3 is 0 Å². The summed E-state index contributed by atoms with van der Waals surface area (Å²) in [5, 5.41) is 14.6. The van der Waals surface area contributed by atoms with Crippen LogP contribution in [0.15, 0.2) is 36.5 Å². The number of hydrogen-bond donors (Lipinski definition) is 1. The molecule has 0 radical (unpaired) electrons. The summed E-state index contributed by atoms with van der Waals surface area (Å²) in [6.07, 6.45) is 3.07. The van der Waals surface area contributed by atoms with Crippen molar-refractivity contribution in [1.29, 1.82) is 0 Å². The molecule has 2 aromatic rings. The van der Waals surface area contributed by atoms with E-state index in [2.05, 4.69) is 5.10 Å². The molecule has 1 amide bonds. The van der Waals surface area contributed by atoms with Crippen LogP contribution in [0.4, 0.5) is 4.39 Å². The molecule has 1 aromatic carbocycles. The number of amides is 1. The average molecular weight is 345 g/mol. The number of aliphatic hydroxyl groups excluding tert-OH is 1. The minimum Gasteiger partial charge on any atom is -0.393 e. The predicted octanol–water partition coefficient (Wildman–Crippen LogP) is 2.17. The first-order valence-corrected chi connectivity index (χ1v) is 8.71. The minimum atomic E-state index is -0.428. The lowest BCUT2D eigenvalue weighted by Crippen LogP contribution is -2.46. The Hall–Kier alpha value is -2.21. The van der Waals surface area contributed by atoms with Gasteiger partial charge in [-0.15, -0.1) is 0 Å². The smallest absolute Gasteiger partial charge is 0.224 e. The Morgan fingerprint density at radius 1 is 1.32 bits per heavy atom. The van der Waals surface area contributed by atoms with Gasteiger partial charge in [-0.2, -0.15) is 5.10 Å². The third kappa shape index (κ3) is 4.66. The van der Waals surface area contributed by atoms with Crippen molar-refractivity contribution in [3.05, 3.63) is 53.6 Å². The second kappa shape index (κ2) is 7.78. The van der Waals surface area contributed by atoms with Crippen molar-refractivity contribution in [2.24, 2.45) is 5.92 Å². The van der Waals surface area contributed by atoms with Gasteiger partial charge < -0.3 is 10.0 Å². The molecule has 1 aliphatic rings. The van der Waals surface area contributed by atoms with Crippen LogP contribution in [0.2, 0.25) is 0 Å². The van der Waals surface area contributed by atoms with Gasteiger partial charge in [-0.1, -0.05) is 12.1 Å². The van der Waals surface area contributed by atoms with Crippen LogP contribution in [0, 0.1) is 18.7 Å². The highest BCUT2D eigenvalue weighted by atomic mass is 19.1. The van der Waals surface area contributed by atoms with E-state index in [1.807, 2.05) is 24.1 Å². The molecule has 1 fully saturated rings. The summed E-state index contributed by atoms with van der Waals surface area (Å²) < 4.78 is 14.8. The largest absolute Gasteiger partial charge is 0.393 e. The van der Waals surface area contributed by atoms with Crippen LogP contribution in [-0.4, -0.2) is 44.9 Å². The molecule has 2 heterocycles. The molecule has 0 spiro atoms. The summed E-state index contributed by atoms with van der Waals surface area (Å²) in [4.78, 5) is 14.3. The van der Waals surface area contributed by atoms with Crippen LogP contribution in [-0.2, 0) is 17.8 Å². The predicted molar refractivity (Wildman–Crippen MR) is 92.4 cm³/mol. The number of rotatable bonds is 5. The summed E-state index contributed by atoms with van der Waals surface area (Å²) in [5.41, 5.74) is 1.92. The molecule has 6 heteroatoms. The second-order valence-electron chi connectivity index (χ2n) is 6.76. The zero-order chi connectivity index (χ0) is 17.8. The van der Waals surface area contributed by atoms with Crippen molar-refractivity contribution >= 4 is 5.91 Å². The molecule has 1 saturated heterocycles. The van der Waals surface area contributed by atoms with Crippen molar-refractivity contribution in [1.82, 2.24) is 14.7 Å². The van der Waals surface area contributed by atoms with Crippen molar-refractivity contribution in [2.75, 3.05) is 13.1 Å². The molecular weight excluding hydrogens is 321 g/mol. The Labute approximate surface area is 147 Å². The summed E-state index contributed by atoms with van der Waals surface area (Å²) in [7, 11) is 0. The fourth-order valence-electron chi connectivity index (χ4n) is 3.33. The molecule has 134 valence electrons. The number of benzene rings is 1. The SMILES string of the molecule is Cc1ccn(CCC(=O)N2CC[C@H](O)[C@H](Cc3ccc(F)cc3)C2)n1. The van der Waals surface area contributed by atoms with E-state index in [1.165, 1.54) is 12.1 Å². The topological polar surface area (TPSA) is 58.4 Å². The van der Waals surface area contributed by atoms with Gasteiger partial charge in [0.1, 0.15) is 5.82 Å². The zero-order valence-corrected chi connectivity index (χ0v) is 14.4. The third-order valence-corrected chi connectivity index (χ3v) is 4.79. The Balaban J connectivity index is 1.55. The average Bonchev–Trinajstić information content (AvgIpc) is 3.02. The van der Waals surface area contributed by atoms with Crippen LogP contribution in [0.25, 0.3) is 0 Å². The number of aromatic nitrogens is 2. The van der Waals surface area contributed by atoms with Crippen molar-refractivity contribution in [3.63, 3.8) is 0 Å². The molecule has 1 aliphatic heterocycles. The maximum Gasteiger partial charge on any atom is 0.224 e. The maximum absolute atomic E-state index is 13.0. The first-order chi connectivity index (χ1) is 12.0. The van der Waals surface area contributed by atoms with Gasteiger partial charge in [-0.3, -0.25) is 9.48 Å². The van der Waals surface area contributed by atoms with Crippen LogP contribution in [0.5, 0.6) is 0 Å². The van der Waals surface area contributed by atoms with Crippen LogP contribution >= 0.6 is 0 Å². The highest BCUT2D eigenvalue weighted by Crippen LogP contribution is 2.22. The molecule has 1 aromatic heterocycles. The number of hydrogen-bond acceptors (Lipinski definition) is 3. The third-order valence-electron chi connectivity index (χ3n) is 4.79. The van der Waals surface area contributed by atoms with E-state index in [-0.39, 0.29) is 17.6 Å². The van der Waals surface area contributed by atoms with Gasteiger partial charge in [-0.25, -0.2) is 4.39 Å². The molecule has 3 rings (SSSR count). The van der Waals surface area contributed by atoms with Gasteiger partial charge in [-0.05, 0) is 43.5 Å². The normalized spacial score (nSPS) is 20.7. The lowest BCUT2D eigenvalue weighted by Gasteiger charge is -2.36. The van der Waals surface area contributed by atoms with Crippen molar-refractivity contribution < 1.29 is 14.3 Å². The fraction of sp³-hybridized carbons (Fsp3) is 0.474.